The summed E-state index contributed by atoms with van der Waals surface area (Å²) in [6.45, 7) is 4.02. The van der Waals surface area contributed by atoms with E-state index in [1.807, 2.05) is 13.1 Å². The van der Waals surface area contributed by atoms with Crippen LogP contribution in [-0.2, 0) is 11.8 Å². The third kappa shape index (κ3) is 2.07. The molecule has 0 aliphatic carbocycles. The molecule has 0 aliphatic heterocycles. The third-order valence-corrected chi connectivity index (χ3v) is 3.02. The van der Waals surface area contributed by atoms with Crippen molar-refractivity contribution < 1.29 is 9.53 Å². The first-order valence-corrected chi connectivity index (χ1v) is 5.87. The van der Waals surface area contributed by atoms with Crippen LogP contribution in [0.3, 0.4) is 0 Å². The molecule has 0 atom stereocenters. The molecule has 0 amide bonds. The Morgan fingerprint density at radius 1 is 1.71 bits per heavy atom. The Morgan fingerprint density at radius 2 is 2.36 bits per heavy atom. The standard InChI is InChI=1S/C9H12ClNO2S/c1-4-13-9(12)8-6(2)7(14-10)5-11(8)3/h5H,4H2,1-3H3. The van der Waals surface area contributed by atoms with Crippen LogP contribution in [0.25, 0.3) is 0 Å². The van der Waals surface area contributed by atoms with Gasteiger partial charge in [0.25, 0.3) is 0 Å². The van der Waals surface area contributed by atoms with E-state index in [0.717, 1.165) is 21.4 Å². The number of carbonyl (C=O) groups excluding carboxylic acids is 1. The lowest BCUT2D eigenvalue weighted by Gasteiger charge is -2.03. The van der Waals surface area contributed by atoms with Crippen molar-refractivity contribution in [1.29, 1.82) is 0 Å². The molecule has 0 fully saturated rings. The molecule has 1 aromatic heterocycles. The number of rotatable bonds is 3. The largest absolute Gasteiger partial charge is 0.461 e. The van der Waals surface area contributed by atoms with Crippen LogP contribution >= 0.6 is 21.7 Å². The van der Waals surface area contributed by atoms with Gasteiger partial charge < -0.3 is 9.30 Å². The van der Waals surface area contributed by atoms with Gasteiger partial charge in [0, 0.05) is 18.1 Å². The molecule has 0 saturated heterocycles. The van der Waals surface area contributed by atoms with Gasteiger partial charge in [-0.15, -0.1) is 0 Å². The monoisotopic (exact) mass is 233 g/mol. The number of carbonyl (C=O) groups is 1. The summed E-state index contributed by atoms with van der Waals surface area (Å²) >= 11 is 0. The lowest BCUT2D eigenvalue weighted by Crippen LogP contribution is -2.10. The molecule has 0 spiro atoms. The lowest BCUT2D eigenvalue weighted by molar-refractivity contribution is 0.0514. The summed E-state index contributed by atoms with van der Waals surface area (Å²) in [6, 6.07) is 0. The maximum absolute atomic E-state index is 11.5. The van der Waals surface area contributed by atoms with Crippen molar-refractivity contribution in [2.45, 2.75) is 18.7 Å². The fourth-order valence-electron chi connectivity index (χ4n) is 1.29. The highest BCUT2D eigenvalue weighted by molar-refractivity contribution is 8.21. The van der Waals surface area contributed by atoms with Gasteiger partial charge in [-0.2, -0.15) is 0 Å². The zero-order valence-electron chi connectivity index (χ0n) is 8.33. The minimum atomic E-state index is -0.301. The average molecular weight is 234 g/mol. The Balaban J connectivity index is 3.07. The quantitative estimate of drug-likeness (QED) is 0.753. The van der Waals surface area contributed by atoms with Crippen molar-refractivity contribution in [3.8, 4) is 0 Å². The number of esters is 1. The fraction of sp³-hybridized carbons (Fsp3) is 0.444. The molecule has 0 saturated carbocycles. The van der Waals surface area contributed by atoms with E-state index in [4.69, 9.17) is 15.4 Å². The Morgan fingerprint density at radius 3 is 2.79 bits per heavy atom. The highest BCUT2D eigenvalue weighted by atomic mass is 35.7. The third-order valence-electron chi connectivity index (χ3n) is 1.94. The first-order valence-electron chi connectivity index (χ1n) is 4.23. The molecule has 0 unspecified atom stereocenters. The predicted octanol–water partition coefficient (Wildman–Crippen LogP) is 2.76. The maximum atomic E-state index is 11.5. The van der Waals surface area contributed by atoms with Crippen LogP contribution in [0, 0.1) is 6.92 Å². The average Bonchev–Trinajstić information content (AvgIpc) is 2.41. The number of halogens is 1. The van der Waals surface area contributed by atoms with Crippen molar-refractivity contribution in [1.82, 2.24) is 4.57 Å². The van der Waals surface area contributed by atoms with Gasteiger partial charge in [0.1, 0.15) is 5.69 Å². The number of aryl methyl sites for hydroxylation is 1. The van der Waals surface area contributed by atoms with Gasteiger partial charge in [-0.1, -0.05) is 0 Å². The molecule has 1 aromatic rings. The van der Waals surface area contributed by atoms with Gasteiger partial charge >= 0.3 is 5.97 Å². The van der Waals surface area contributed by atoms with Crippen LogP contribution in [-0.4, -0.2) is 17.1 Å². The van der Waals surface area contributed by atoms with Gasteiger partial charge in [-0.25, -0.2) is 4.79 Å². The summed E-state index contributed by atoms with van der Waals surface area (Å²) in [6.07, 6.45) is 1.82. The van der Waals surface area contributed by atoms with Crippen molar-refractivity contribution in [3.63, 3.8) is 0 Å². The van der Waals surface area contributed by atoms with Crippen LogP contribution in [0.2, 0.25) is 0 Å². The number of nitrogens with zero attached hydrogens (tertiary/aromatic N) is 1. The first-order chi connectivity index (χ1) is 6.61. The fourth-order valence-corrected chi connectivity index (χ4v) is 2.17. The van der Waals surface area contributed by atoms with Gasteiger partial charge in [-0.05, 0) is 41.1 Å². The summed E-state index contributed by atoms with van der Waals surface area (Å²) in [4.78, 5) is 12.4. The zero-order chi connectivity index (χ0) is 10.7. The van der Waals surface area contributed by atoms with E-state index in [2.05, 4.69) is 0 Å². The van der Waals surface area contributed by atoms with E-state index in [1.165, 1.54) is 0 Å². The SMILES string of the molecule is CCOC(=O)c1c(C)c(SCl)cn1C. The van der Waals surface area contributed by atoms with Crippen LogP contribution in [0.15, 0.2) is 11.1 Å². The first kappa shape index (κ1) is 11.5. The second kappa shape index (κ2) is 4.75. The minimum absolute atomic E-state index is 0.301. The molecule has 0 N–H and O–H groups in total. The highest BCUT2D eigenvalue weighted by Crippen LogP contribution is 2.29. The maximum Gasteiger partial charge on any atom is 0.355 e. The Labute approximate surface area is 91.9 Å². The van der Waals surface area contributed by atoms with Crippen molar-refractivity contribution in [2.75, 3.05) is 6.61 Å². The zero-order valence-corrected chi connectivity index (χ0v) is 9.91. The normalized spacial score (nSPS) is 10.3. The van der Waals surface area contributed by atoms with Crippen molar-refractivity contribution in [3.05, 3.63) is 17.5 Å². The van der Waals surface area contributed by atoms with E-state index in [9.17, 15) is 4.79 Å². The Hall–Kier alpha value is -0.610. The van der Waals surface area contributed by atoms with E-state index in [-0.39, 0.29) is 5.97 Å². The lowest BCUT2D eigenvalue weighted by atomic mass is 10.3. The van der Waals surface area contributed by atoms with Crippen LogP contribution in [0.5, 0.6) is 0 Å². The number of hydrogen-bond acceptors (Lipinski definition) is 3. The number of hydrogen-bond donors (Lipinski definition) is 0. The molecular weight excluding hydrogens is 222 g/mol. The van der Waals surface area contributed by atoms with Gasteiger partial charge in [0.2, 0.25) is 0 Å². The molecule has 0 bridgehead atoms. The van der Waals surface area contributed by atoms with Crippen LogP contribution in [0.4, 0.5) is 0 Å². The van der Waals surface area contributed by atoms with E-state index in [0.29, 0.717) is 12.3 Å². The van der Waals surface area contributed by atoms with Gasteiger partial charge in [0.05, 0.1) is 6.61 Å². The summed E-state index contributed by atoms with van der Waals surface area (Å²) in [5.74, 6) is -0.301. The van der Waals surface area contributed by atoms with E-state index in [1.54, 1.807) is 18.5 Å². The van der Waals surface area contributed by atoms with Gasteiger partial charge in [0.15, 0.2) is 0 Å². The molecule has 78 valence electrons. The molecule has 14 heavy (non-hydrogen) atoms. The number of ether oxygens (including phenoxy) is 1. The molecule has 1 rings (SSSR count). The second-order valence-corrected chi connectivity index (χ2v) is 3.93. The van der Waals surface area contributed by atoms with Crippen molar-refractivity contribution in [2.24, 2.45) is 7.05 Å². The molecule has 3 nitrogen and oxygen atoms in total. The molecular formula is C9H12ClNO2S. The summed E-state index contributed by atoms with van der Waals surface area (Å²) < 4.78 is 6.67. The summed E-state index contributed by atoms with van der Waals surface area (Å²) in [7, 11) is 8.56. The van der Waals surface area contributed by atoms with Gasteiger partial charge in [-0.3, -0.25) is 0 Å². The molecule has 0 radical (unpaired) electrons. The molecule has 0 aromatic carbocycles. The predicted molar refractivity (Wildman–Crippen MR) is 57.8 cm³/mol. The van der Waals surface area contributed by atoms with Crippen molar-refractivity contribution >= 4 is 27.6 Å². The number of aromatic nitrogens is 1. The van der Waals surface area contributed by atoms with Crippen LogP contribution < -0.4 is 0 Å². The Bertz CT molecular complexity index is 349. The molecule has 1 heterocycles. The van der Waals surface area contributed by atoms with Crippen LogP contribution in [0.1, 0.15) is 23.0 Å². The Kier molecular flexibility index (Phi) is 3.89. The molecule has 5 heteroatoms. The minimum Gasteiger partial charge on any atom is -0.461 e. The second-order valence-electron chi connectivity index (χ2n) is 2.88. The summed E-state index contributed by atoms with van der Waals surface area (Å²) in [5.41, 5.74) is 1.43. The summed E-state index contributed by atoms with van der Waals surface area (Å²) in [5, 5.41) is 0. The molecule has 0 aliphatic rings. The van der Waals surface area contributed by atoms with E-state index >= 15 is 0 Å². The highest BCUT2D eigenvalue weighted by Gasteiger charge is 2.17. The topological polar surface area (TPSA) is 31.2 Å². The smallest absolute Gasteiger partial charge is 0.355 e. The van der Waals surface area contributed by atoms with E-state index < -0.39 is 0 Å².